The van der Waals surface area contributed by atoms with E-state index in [9.17, 15) is 0 Å². The normalized spacial score (nSPS) is 22.9. The summed E-state index contributed by atoms with van der Waals surface area (Å²) >= 11 is 5.88. The Kier molecular flexibility index (Phi) is 4.33. The molecule has 0 bridgehead atoms. The number of aryl methyl sites for hydroxylation is 1. The average Bonchev–Trinajstić information content (AvgIpc) is 2.37. The van der Waals surface area contributed by atoms with Gasteiger partial charge in [-0.3, -0.25) is 0 Å². The fourth-order valence-electron chi connectivity index (χ4n) is 2.51. The summed E-state index contributed by atoms with van der Waals surface area (Å²) in [6.07, 6.45) is 7.78. The van der Waals surface area contributed by atoms with E-state index in [-0.39, 0.29) is 5.54 Å². The predicted octanol–water partition coefficient (Wildman–Crippen LogP) is 3.55. The van der Waals surface area contributed by atoms with Crippen LogP contribution in [-0.2, 0) is 6.42 Å². The first-order valence-corrected chi connectivity index (χ1v) is 7.04. The summed E-state index contributed by atoms with van der Waals surface area (Å²) in [7, 11) is 0. The molecular weight excluding hydrogens is 256 g/mol. The quantitative estimate of drug-likeness (QED) is 0.884. The number of nitrogens with two attached hydrogens (primary N) is 2. The summed E-state index contributed by atoms with van der Waals surface area (Å²) in [5.74, 6) is 0. The third kappa shape index (κ3) is 3.62. The summed E-state index contributed by atoms with van der Waals surface area (Å²) in [6.45, 7) is 2.09. The number of benzene rings is 1. The number of halogens is 1. The zero-order valence-electron chi connectivity index (χ0n) is 11.3. The lowest BCUT2D eigenvalue weighted by Gasteiger charge is -2.33. The smallest absolute Gasteiger partial charge is 0.0424 e. The van der Waals surface area contributed by atoms with Crippen molar-refractivity contribution in [2.45, 2.75) is 38.1 Å². The van der Waals surface area contributed by atoms with E-state index in [2.05, 4.69) is 19.1 Å². The summed E-state index contributed by atoms with van der Waals surface area (Å²) in [4.78, 5) is 0. The Morgan fingerprint density at radius 1 is 1.21 bits per heavy atom. The third-order valence-corrected chi connectivity index (χ3v) is 4.11. The molecule has 0 radical (unpaired) electrons. The van der Waals surface area contributed by atoms with Crippen molar-refractivity contribution < 1.29 is 0 Å². The van der Waals surface area contributed by atoms with Crippen molar-refractivity contribution in [3.63, 3.8) is 0 Å². The van der Waals surface area contributed by atoms with E-state index in [1.807, 2.05) is 24.3 Å². The lowest BCUT2D eigenvalue weighted by atomic mass is 9.79. The SMILES string of the molecule is CC1=CC=C(N)CC1(N)CCCc1ccc(Cl)cc1. The Balaban J connectivity index is 1.90. The Morgan fingerprint density at radius 3 is 2.58 bits per heavy atom. The van der Waals surface area contributed by atoms with Gasteiger partial charge < -0.3 is 11.5 Å². The van der Waals surface area contributed by atoms with Gasteiger partial charge >= 0.3 is 0 Å². The van der Waals surface area contributed by atoms with Gasteiger partial charge in [-0.05, 0) is 50.0 Å². The first kappa shape index (κ1) is 14.2. The Bertz CT molecular complexity index is 502. The van der Waals surface area contributed by atoms with Crippen LogP contribution in [-0.4, -0.2) is 5.54 Å². The lowest BCUT2D eigenvalue weighted by molar-refractivity contribution is 0.433. The van der Waals surface area contributed by atoms with Crippen LogP contribution in [0.2, 0.25) is 5.02 Å². The van der Waals surface area contributed by atoms with Gasteiger partial charge in [-0.1, -0.05) is 35.4 Å². The van der Waals surface area contributed by atoms with Crippen LogP contribution in [0.25, 0.3) is 0 Å². The summed E-state index contributed by atoms with van der Waals surface area (Å²) < 4.78 is 0. The summed E-state index contributed by atoms with van der Waals surface area (Å²) in [5.41, 5.74) is 15.5. The van der Waals surface area contributed by atoms with Gasteiger partial charge in [-0.15, -0.1) is 0 Å². The zero-order chi connectivity index (χ0) is 13.9. The minimum atomic E-state index is -0.273. The molecule has 4 N–H and O–H groups in total. The highest BCUT2D eigenvalue weighted by Crippen LogP contribution is 2.30. The van der Waals surface area contributed by atoms with Gasteiger partial charge in [0.2, 0.25) is 0 Å². The molecule has 19 heavy (non-hydrogen) atoms. The predicted molar refractivity (Wildman–Crippen MR) is 82.0 cm³/mol. The van der Waals surface area contributed by atoms with Gasteiger partial charge in [-0.2, -0.15) is 0 Å². The van der Waals surface area contributed by atoms with Crippen LogP contribution in [0.3, 0.4) is 0 Å². The van der Waals surface area contributed by atoms with Crippen molar-refractivity contribution in [1.82, 2.24) is 0 Å². The summed E-state index contributed by atoms with van der Waals surface area (Å²) in [5, 5.41) is 0.781. The lowest BCUT2D eigenvalue weighted by Crippen LogP contribution is -2.43. The van der Waals surface area contributed by atoms with Crippen molar-refractivity contribution in [1.29, 1.82) is 0 Å². The summed E-state index contributed by atoms with van der Waals surface area (Å²) in [6, 6.07) is 8.01. The van der Waals surface area contributed by atoms with E-state index in [0.717, 1.165) is 36.4 Å². The minimum absolute atomic E-state index is 0.273. The molecule has 3 heteroatoms. The van der Waals surface area contributed by atoms with Crippen LogP contribution >= 0.6 is 11.6 Å². The van der Waals surface area contributed by atoms with Crippen molar-refractivity contribution in [3.8, 4) is 0 Å². The standard InChI is InChI=1S/C16H21ClN2/c1-12-4-9-15(18)11-16(12,19)10-2-3-13-5-7-14(17)8-6-13/h4-9H,2-3,10-11,18-19H2,1H3. The monoisotopic (exact) mass is 276 g/mol. The molecule has 0 fully saturated rings. The maximum atomic E-state index is 6.47. The zero-order valence-corrected chi connectivity index (χ0v) is 12.1. The molecule has 1 aliphatic carbocycles. The van der Waals surface area contributed by atoms with Crippen LogP contribution in [0.1, 0.15) is 31.7 Å². The molecule has 0 spiro atoms. The second kappa shape index (κ2) is 5.81. The van der Waals surface area contributed by atoms with Gasteiger partial charge in [0.25, 0.3) is 0 Å². The molecule has 2 rings (SSSR count). The molecule has 1 unspecified atom stereocenters. The van der Waals surface area contributed by atoms with Gasteiger partial charge in [0.05, 0.1) is 0 Å². The Morgan fingerprint density at radius 2 is 1.89 bits per heavy atom. The van der Waals surface area contributed by atoms with Crippen LogP contribution in [0.5, 0.6) is 0 Å². The molecule has 1 aromatic rings. The van der Waals surface area contributed by atoms with Crippen molar-refractivity contribution >= 4 is 11.6 Å². The van der Waals surface area contributed by atoms with E-state index < -0.39 is 0 Å². The van der Waals surface area contributed by atoms with Gasteiger partial charge in [0.1, 0.15) is 0 Å². The van der Waals surface area contributed by atoms with E-state index in [0.29, 0.717) is 0 Å². The van der Waals surface area contributed by atoms with Crippen molar-refractivity contribution in [2.24, 2.45) is 11.5 Å². The molecular formula is C16H21ClN2. The van der Waals surface area contributed by atoms with Crippen LogP contribution in [0.15, 0.2) is 47.7 Å². The number of hydrogen-bond donors (Lipinski definition) is 2. The average molecular weight is 277 g/mol. The first-order chi connectivity index (χ1) is 8.99. The molecule has 0 aliphatic heterocycles. The van der Waals surface area contributed by atoms with E-state index in [4.69, 9.17) is 23.1 Å². The van der Waals surface area contributed by atoms with E-state index >= 15 is 0 Å². The maximum Gasteiger partial charge on any atom is 0.0424 e. The molecule has 0 amide bonds. The fraction of sp³-hybridized carbons (Fsp3) is 0.375. The molecule has 1 aliphatic rings. The molecule has 0 saturated carbocycles. The molecule has 1 aromatic carbocycles. The van der Waals surface area contributed by atoms with Gasteiger partial charge in [-0.25, -0.2) is 0 Å². The topological polar surface area (TPSA) is 52.0 Å². The maximum absolute atomic E-state index is 6.47. The van der Waals surface area contributed by atoms with E-state index in [1.165, 1.54) is 11.1 Å². The van der Waals surface area contributed by atoms with Gasteiger partial charge in [0.15, 0.2) is 0 Å². The van der Waals surface area contributed by atoms with Gasteiger partial charge in [0, 0.05) is 22.7 Å². The Labute approximate surface area is 120 Å². The van der Waals surface area contributed by atoms with Crippen LogP contribution in [0, 0.1) is 0 Å². The molecule has 0 saturated heterocycles. The minimum Gasteiger partial charge on any atom is -0.402 e. The van der Waals surface area contributed by atoms with E-state index in [1.54, 1.807) is 0 Å². The highest BCUT2D eigenvalue weighted by atomic mass is 35.5. The van der Waals surface area contributed by atoms with Crippen LogP contribution in [0.4, 0.5) is 0 Å². The van der Waals surface area contributed by atoms with Crippen LogP contribution < -0.4 is 11.5 Å². The molecule has 0 heterocycles. The number of hydrogen-bond acceptors (Lipinski definition) is 2. The highest BCUT2D eigenvalue weighted by Gasteiger charge is 2.28. The van der Waals surface area contributed by atoms with Crippen molar-refractivity contribution in [2.75, 3.05) is 0 Å². The second-order valence-corrected chi connectivity index (χ2v) is 5.84. The number of allylic oxidation sites excluding steroid dienone is 2. The first-order valence-electron chi connectivity index (χ1n) is 6.66. The largest absolute Gasteiger partial charge is 0.402 e. The Hall–Kier alpha value is -1.25. The fourth-order valence-corrected chi connectivity index (χ4v) is 2.63. The number of rotatable bonds is 4. The van der Waals surface area contributed by atoms with Crippen molar-refractivity contribution in [3.05, 3.63) is 58.3 Å². The highest BCUT2D eigenvalue weighted by molar-refractivity contribution is 6.30. The second-order valence-electron chi connectivity index (χ2n) is 5.40. The molecule has 102 valence electrons. The molecule has 2 nitrogen and oxygen atoms in total. The molecule has 0 aromatic heterocycles. The molecule has 1 atom stereocenters. The third-order valence-electron chi connectivity index (χ3n) is 3.85.